The van der Waals surface area contributed by atoms with Crippen molar-refractivity contribution in [3.8, 4) is 0 Å². The third kappa shape index (κ3) is 2.65. The lowest BCUT2D eigenvalue weighted by atomic mass is 10.2. The van der Waals surface area contributed by atoms with Crippen molar-refractivity contribution < 1.29 is 8.73 Å². The molecule has 0 aliphatic rings. The molecule has 0 radical (unpaired) electrons. The van der Waals surface area contributed by atoms with Crippen LogP contribution in [0.3, 0.4) is 0 Å². The number of aromatic nitrogens is 1. The number of alkyl halides is 1. The van der Waals surface area contributed by atoms with Gasteiger partial charge in [0, 0.05) is 14.8 Å². The first-order valence-corrected chi connectivity index (χ1v) is 9.35. The summed E-state index contributed by atoms with van der Waals surface area (Å²) in [6.45, 7) is 0. The minimum absolute atomic E-state index is 0.457. The Morgan fingerprint density at radius 3 is 2.62 bits per heavy atom. The monoisotopic (exact) mass is 428 g/mol. The van der Waals surface area contributed by atoms with Gasteiger partial charge in [0.2, 0.25) is 0 Å². The Morgan fingerprint density at radius 1 is 1.19 bits per heavy atom. The zero-order chi connectivity index (χ0) is 15.0. The van der Waals surface area contributed by atoms with E-state index in [1.165, 1.54) is 0 Å². The number of fused-ring (bicyclic) bond motifs is 1. The second-order valence-corrected chi connectivity index (χ2v) is 9.02. The number of nitrogens with zero attached hydrogens (tertiary/aromatic N) is 1. The first-order valence-electron chi connectivity index (χ1n) is 6.02. The summed E-state index contributed by atoms with van der Waals surface area (Å²) < 4.78 is 26.5. The molecule has 0 aliphatic heterocycles. The van der Waals surface area contributed by atoms with Gasteiger partial charge < -0.3 is 4.52 Å². The van der Waals surface area contributed by atoms with E-state index in [1.54, 1.807) is 30.3 Å². The van der Waals surface area contributed by atoms with Gasteiger partial charge in [-0.05, 0) is 30.3 Å². The fourth-order valence-electron chi connectivity index (χ4n) is 1.99. The second kappa shape index (κ2) is 5.55. The van der Waals surface area contributed by atoms with Crippen molar-refractivity contribution in [3.63, 3.8) is 0 Å². The van der Waals surface area contributed by atoms with Gasteiger partial charge in [-0.25, -0.2) is 8.99 Å². The third-order valence-corrected chi connectivity index (χ3v) is 7.34. The quantitative estimate of drug-likeness (QED) is 0.589. The molecule has 0 amide bonds. The molecule has 1 heterocycles. The van der Waals surface area contributed by atoms with Crippen LogP contribution in [0.5, 0.6) is 0 Å². The van der Waals surface area contributed by atoms with E-state index in [-0.39, 0.29) is 0 Å². The molecule has 21 heavy (non-hydrogen) atoms. The maximum Gasteiger partial charge on any atom is 0.167 e. The van der Waals surface area contributed by atoms with E-state index in [1.807, 2.05) is 18.2 Å². The first-order chi connectivity index (χ1) is 10.00. The van der Waals surface area contributed by atoms with Crippen LogP contribution in [0.25, 0.3) is 11.0 Å². The van der Waals surface area contributed by atoms with E-state index < -0.39 is 13.9 Å². The van der Waals surface area contributed by atoms with Gasteiger partial charge >= 0.3 is 0 Å². The fourth-order valence-corrected chi connectivity index (χ4v) is 4.62. The van der Waals surface area contributed by atoms with Crippen molar-refractivity contribution >= 4 is 52.6 Å². The summed E-state index contributed by atoms with van der Waals surface area (Å²) in [5.41, 5.74) is 1.07. The van der Waals surface area contributed by atoms with E-state index in [0.717, 1.165) is 9.86 Å². The van der Waals surface area contributed by atoms with Crippen molar-refractivity contribution in [2.24, 2.45) is 0 Å². The van der Waals surface area contributed by atoms with E-state index in [9.17, 15) is 4.21 Å². The highest BCUT2D eigenvalue weighted by Gasteiger charge is 2.27. The molecule has 2 atom stereocenters. The normalized spacial score (nSPS) is 15.7. The van der Waals surface area contributed by atoms with Crippen molar-refractivity contribution in [2.75, 3.05) is 0 Å². The van der Waals surface area contributed by atoms with Gasteiger partial charge in [0.05, 0.1) is 9.73 Å². The summed E-state index contributed by atoms with van der Waals surface area (Å²) >= 11 is 6.76. The molecule has 2 aromatic carbocycles. The number of hydrogen-bond acceptors (Lipinski definition) is 4. The Bertz CT molecular complexity index is 892. The molecule has 3 rings (SSSR count). The zero-order valence-corrected chi connectivity index (χ0v) is 14.6. The molecule has 4 nitrogen and oxygen atoms in total. The SMILES string of the molecule is N=S(=O)(c1ccccc1)C(Br)c1noc2ccc(Br)cc12. The minimum atomic E-state index is -3.09. The summed E-state index contributed by atoms with van der Waals surface area (Å²) in [6.07, 6.45) is 0. The molecule has 1 aromatic heterocycles. The lowest BCUT2D eigenvalue weighted by Gasteiger charge is -2.12. The second-order valence-electron chi connectivity index (χ2n) is 4.44. The summed E-state index contributed by atoms with van der Waals surface area (Å²) in [7, 11) is -3.09. The Balaban J connectivity index is 2.12. The summed E-state index contributed by atoms with van der Waals surface area (Å²) in [6, 6.07) is 14.2. The maximum absolute atomic E-state index is 12.8. The van der Waals surface area contributed by atoms with Gasteiger partial charge in [-0.3, -0.25) is 0 Å². The molecule has 0 fully saturated rings. The Labute approximate surface area is 138 Å². The zero-order valence-electron chi connectivity index (χ0n) is 10.6. The minimum Gasteiger partial charge on any atom is -0.356 e. The molecular formula is C14H10Br2N2O2S. The molecule has 108 valence electrons. The maximum atomic E-state index is 12.8. The molecule has 0 spiro atoms. The Kier molecular flexibility index (Phi) is 3.90. The topological polar surface area (TPSA) is 67.0 Å². The van der Waals surface area contributed by atoms with Gasteiger partial charge in [0.15, 0.2) is 5.58 Å². The molecule has 0 aliphatic carbocycles. The van der Waals surface area contributed by atoms with E-state index in [0.29, 0.717) is 16.2 Å². The van der Waals surface area contributed by atoms with Crippen molar-refractivity contribution in [2.45, 2.75) is 9.05 Å². The molecule has 3 aromatic rings. The predicted molar refractivity (Wildman–Crippen MR) is 88.9 cm³/mol. The number of rotatable bonds is 3. The smallest absolute Gasteiger partial charge is 0.167 e. The highest BCUT2D eigenvalue weighted by atomic mass is 79.9. The van der Waals surface area contributed by atoms with Gasteiger partial charge in [-0.1, -0.05) is 55.2 Å². The fraction of sp³-hybridized carbons (Fsp3) is 0.0714. The van der Waals surface area contributed by atoms with E-state index in [2.05, 4.69) is 37.0 Å². The van der Waals surface area contributed by atoms with E-state index >= 15 is 0 Å². The van der Waals surface area contributed by atoms with Crippen LogP contribution >= 0.6 is 31.9 Å². The highest BCUT2D eigenvalue weighted by Crippen LogP contribution is 2.38. The van der Waals surface area contributed by atoms with Crippen LogP contribution in [0, 0.1) is 4.78 Å². The summed E-state index contributed by atoms with van der Waals surface area (Å²) in [5.74, 6) is 0. The van der Waals surface area contributed by atoms with E-state index in [4.69, 9.17) is 9.30 Å². The third-order valence-electron chi connectivity index (χ3n) is 3.06. The van der Waals surface area contributed by atoms with Crippen LogP contribution < -0.4 is 0 Å². The summed E-state index contributed by atoms with van der Waals surface area (Å²) in [5, 5.41) is 4.72. The average molecular weight is 430 g/mol. The lowest BCUT2D eigenvalue weighted by molar-refractivity contribution is 0.449. The lowest BCUT2D eigenvalue weighted by Crippen LogP contribution is -2.07. The largest absolute Gasteiger partial charge is 0.356 e. The molecule has 0 saturated carbocycles. The van der Waals surface area contributed by atoms with Crippen molar-refractivity contribution in [3.05, 3.63) is 58.7 Å². The molecule has 0 bridgehead atoms. The molecular weight excluding hydrogens is 420 g/mol. The number of hydrogen-bond donors (Lipinski definition) is 1. The van der Waals surface area contributed by atoms with Crippen LogP contribution in [0.2, 0.25) is 0 Å². The Hall–Kier alpha value is -1.18. The van der Waals surface area contributed by atoms with Gasteiger partial charge in [0.25, 0.3) is 0 Å². The van der Waals surface area contributed by atoms with Crippen LogP contribution in [0.1, 0.15) is 9.85 Å². The van der Waals surface area contributed by atoms with Gasteiger partial charge in [0.1, 0.15) is 9.85 Å². The number of benzene rings is 2. The molecule has 1 N–H and O–H groups in total. The van der Waals surface area contributed by atoms with Crippen molar-refractivity contribution in [1.82, 2.24) is 5.16 Å². The van der Waals surface area contributed by atoms with Crippen molar-refractivity contribution in [1.29, 1.82) is 4.78 Å². The summed E-state index contributed by atoms with van der Waals surface area (Å²) in [4.78, 5) is 0.457. The first kappa shape index (κ1) is 14.7. The van der Waals surface area contributed by atoms with Crippen LogP contribution in [0.15, 0.2) is 62.4 Å². The number of halogens is 2. The van der Waals surface area contributed by atoms with Crippen LogP contribution in [-0.4, -0.2) is 9.37 Å². The van der Waals surface area contributed by atoms with Gasteiger partial charge in [-0.15, -0.1) is 0 Å². The standard InChI is InChI=1S/C14H10Br2N2O2S/c15-9-6-7-12-11(8-9)13(18-20-12)14(16)21(17,19)10-4-2-1-3-5-10/h1-8,14,17H. The van der Waals surface area contributed by atoms with Crippen LogP contribution in [-0.2, 0) is 9.73 Å². The highest BCUT2D eigenvalue weighted by molar-refractivity contribution is 9.11. The number of nitrogens with one attached hydrogen (secondary N) is 1. The predicted octanol–water partition coefficient (Wildman–Crippen LogP) is 5.09. The van der Waals surface area contributed by atoms with Gasteiger partial charge in [-0.2, -0.15) is 0 Å². The average Bonchev–Trinajstić information content (AvgIpc) is 2.90. The molecule has 0 saturated heterocycles. The molecule has 2 unspecified atom stereocenters. The molecule has 7 heteroatoms. The van der Waals surface area contributed by atoms with Crippen LogP contribution in [0.4, 0.5) is 0 Å². The Morgan fingerprint density at radius 2 is 1.90 bits per heavy atom.